The maximum Gasteiger partial charge on any atom is 0.210 e. The van der Waals surface area contributed by atoms with Crippen molar-refractivity contribution in [3.05, 3.63) is 17.8 Å². The Bertz CT molecular complexity index is 444. The fourth-order valence-corrected chi connectivity index (χ4v) is 1.38. The molecule has 0 unspecified atom stereocenters. The number of nitrogens with two attached hydrogens (primary N) is 2. The maximum atomic E-state index is 10.6. The average molecular weight is 230 g/mol. The van der Waals surface area contributed by atoms with Gasteiger partial charge in [-0.05, 0) is 19.1 Å². The molecule has 15 heavy (non-hydrogen) atoms. The third-order valence-corrected chi connectivity index (χ3v) is 2.59. The molecule has 0 aliphatic rings. The first kappa shape index (κ1) is 11.7. The fraction of sp³-hybridized carbons (Fsp3) is 0.375. The zero-order valence-electron chi connectivity index (χ0n) is 8.40. The Morgan fingerprint density at radius 1 is 1.47 bits per heavy atom. The summed E-state index contributed by atoms with van der Waals surface area (Å²) in [6, 6.07) is 3.40. The molecule has 5 N–H and O–H groups in total. The summed E-state index contributed by atoms with van der Waals surface area (Å²) in [5.41, 5.74) is 6.89. The molecule has 0 atom stereocenters. The van der Waals surface area contributed by atoms with E-state index >= 15 is 0 Å². The number of hydrogen-bond donors (Lipinski definition) is 3. The molecule has 1 aromatic heterocycles. The third-order valence-electron chi connectivity index (χ3n) is 1.82. The van der Waals surface area contributed by atoms with Crippen molar-refractivity contribution in [3.8, 4) is 0 Å². The quantitative estimate of drug-likeness (QED) is 0.656. The number of nitrogens with zero attached hydrogens (tertiary/aromatic N) is 1. The van der Waals surface area contributed by atoms with Crippen LogP contribution < -0.4 is 16.2 Å². The van der Waals surface area contributed by atoms with Crippen molar-refractivity contribution in [2.24, 2.45) is 5.14 Å². The van der Waals surface area contributed by atoms with Gasteiger partial charge in [-0.1, -0.05) is 0 Å². The van der Waals surface area contributed by atoms with Crippen LogP contribution in [-0.4, -0.2) is 25.7 Å². The van der Waals surface area contributed by atoms with Crippen LogP contribution in [0.15, 0.2) is 12.1 Å². The second-order valence-corrected chi connectivity index (χ2v) is 4.90. The first-order chi connectivity index (χ1) is 6.88. The molecule has 0 aliphatic heterocycles. The summed E-state index contributed by atoms with van der Waals surface area (Å²) in [7, 11) is -3.43. The number of rotatable bonds is 4. The molecule has 0 saturated carbocycles. The minimum atomic E-state index is -3.43. The van der Waals surface area contributed by atoms with Crippen molar-refractivity contribution in [1.82, 2.24) is 4.98 Å². The van der Waals surface area contributed by atoms with E-state index in [4.69, 9.17) is 10.9 Å². The summed E-state index contributed by atoms with van der Waals surface area (Å²) >= 11 is 0. The largest absolute Gasteiger partial charge is 0.397 e. The van der Waals surface area contributed by atoms with Crippen molar-refractivity contribution in [2.45, 2.75) is 6.92 Å². The topological polar surface area (TPSA) is 111 Å². The van der Waals surface area contributed by atoms with Gasteiger partial charge in [0.2, 0.25) is 10.0 Å². The molecule has 0 aliphatic carbocycles. The minimum absolute atomic E-state index is 0.127. The monoisotopic (exact) mass is 230 g/mol. The Hall–Kier alpha value is -1.34. The second kappa shape index (κ2) is 4.45. The van der Waals surface area contributed by atoms with Gasteiger partial charge in [-0.25, -0.2) is 18.5 Å². The predicted octanol–water partition coefficient (Wildman–Crippen LogP) is -0.327. The lowest BCUT2D eigenvalue weighted by atomic mass is 10.3. The van der Waals surface area contributed by atoms with Gasteiger partial charge < -0.3 is 11.1 Å². The minimum Gasteiger partial charge on any atom is -0.397 e. The van der Waals surface area contributed by atoms with Crippen molar-refractivity contribution >= 4 is 21.5 Å². The highest BCUT2D eigenvalue weighted by Gasteiger charge is 2.02. The molecule has 0 aromatic carbocycles. The lowest BCUT2D eigenvalue weighted by Gasteiger charge is -2.06. The molecule has 0 amide bonds. The molecule has 84 valence electrons. The number of nitrogens with one attached hydrogen (secondary N) is 1. The molecule has 0 spiro atoms. The van der Waals surface area contributed by atoms with Crippen LogP contribution in [0.1, 0.15) is 5.69 Å². The van der Waals surface area contributed by atoms with Crippen LogP contribution >= 0.6 is 0 Å². The van der Waals surface area contributed by atoms with Crippen molar-refractivity contribution in [3.63, 3.8) is 0 Å². The van der Waals surface area contributed by atoms with Crippen LogP contribution in [0.25, 0.3) is 0 Å². The van der Waals surface area contributed by atoms with Gasteiger partial charge in [0, 0.05) is 6.54 Å². The fourth-order valence-electron chi connectivity index (χ4n) is 0.992. The Labute approximate surface area is 88.7 Å². The number of anilines is 2. The van der Waals surface area contributed by atoms with E-state index in [0.29, 0.717) is 17.2 Å². The van der Waals surface area contributed by atoms with Gasteiger partial charge in [0.15, 0.2) is 0 Å². The molecule has 0 saturated heterocycles. The molecule has 7 heteroatoms. The first-order valence-corrected chi connectivity index (χ1v) is 6.07. The standard InChI is InChI=1S/C8H14N4O2S/c1-6-7(9)2-3-8(12-6)11-4-5-15(10,13)14/h2-3H,4-5,9H2,1H3,(H,11,12)(H2,10,13,14). The SMILES string of the molecule is Cc1nc(NCCS(N)(=O)=O)ccc1N. The van der Waals surface area contributed by atoms with Crippen molar-refractivity contribution < 1.29 is 8.42 Å². The molecule has 0 fully saturated rings. The molecule has 1 heterocycles. The van der Waals surface area contributed by atoms with Crippen LogP contribution in [0.3, 0.4) is 0 Å². The van der Waals surface area contributed by atoms with Crippen LogP contribution in [0.4, 0.5) is 11.5 Å². The van der Waals surface area contributed by atoms with E-state index in [1.807, 2.05) is 0 Å². The van der Waals surface area contributed by atoms with Gasteiger partial charge in [-0.2, -0.15) is 0 Å². The Balaban J connectivity index is 2.55. The highest BCUT2D eigenvalue weighted by Crippen LogP contribution is 2.11. The number of aryl methyl sites for hydroxylation is 1. The summed E-state index contributed by atoms with van der Waals surface area (Å²) in [6.07, 6.45) is 0. The third kappa shape index (κ3) is 4.13. The zero-order chi connectivity index (χ0) is 11.5. The van der Waals surface area contributed by atoms with Gasteiger partial charge in [0.25, 0.3) is 0 Å². The van der Waals surface area contributed by atoms with Crippen LogP contribution in [0.2, 0.25) is 0 Å². The molecule has 0 bridgehead atoms. The lowest BCUT2D eigenvalue weighted by Crippen LogP contribution is -2.22. The number of pyridine rings is 1. The maximum absolute atomic E-state index is 10.6. The van der Waals surface area contributed by atoms with Gasteiger partial charge >= 0.3 is 0 Å². The van der Waals surface area contributed by atoms with E-state index in [2.05, 4.69) is 10.3 Å². The van der Waals surface area contributed by atoms with E-state index in [1.54, 1.807) is 19.1 Å². The number of primary sulfonamides is 1. The van der Waals surface area contributed by atoms with Crippen LogP contribution in [0.5, 0.6) is 0 Å². The highest BCUT2D eigenvalue weighted by atomic mass is 32.2. The number of aromatic nitrogens is 1. The van der Waals surface area contributed by atoms with Gasteiger partial charge in [0.05, 0.1) is 17.1 Å². The van der Waals surface area contributed by atoms with Gasteiger partial charge in [-0.3, -0.25) is 0 Å². The summed E-state index contributed by atoms with van der Waals surface area (Å²) in [5.74, 6) is 0.461. The lowest BCUT2D eigenvalue weighted by molar-refractivity contribution is 0.598. The normalized spacial score (nSPS) is 11.3. The predicted molar refractivity (Wildman–Crippen MR) is 59.9 cm³/mol. The smallest absolute Gasteiger partial charge is 0.210 e. The summed E-state index contributed by atoms with van der Waals surface area (Å²) in [5, 5.41) is 7.69. The van der Waals surface area contributed by atoms with Crippen molar-refractivity contribution in [2.75, 3.05) is 23.3 Å². The first-order valence-electron chi connectivity index (χ1n) is 4.36. The van der Waals surface area contributed by atoms with E-state index in [0.717, 1.165) is 0 Å². The summed E-state index contributed by atoms with van der Waals surface area (Å²) < 4.78 is 21.3. The molecular formula is C8H14N4O2S. The number of hydrogen-bond acceptors (Lipinski definition) is 5. The Kier molecular flexibility index (Phi) is 3.48. The number of sulfonamides is 1. The van der Waals surface area contributed by atoms with Crippen LogP contribution in [0, 0.1) is 6.92 Å². The molecule has 1 rings (SSSR count). The van der Waals surface area contributed by atoms with E-state index < -0.39 is 10.0 Å². The van der Waals surface area contributed by atoms with E-state index in [9.17, 15) is 8.42 Å². The van der Waals surface area contributed by atoms with E-state index in [-0.39, 0.29) is 12.3 Å². The summed E-state index contributed by atoms with van der Waals surface area (Å²) in [6.45, 7) is 2.01. The summed E-state index contributed by atoms with van der Waals surface area (Å²) in [4.78, 5) is 4.12. The van der Waals surface area contributed by atoms with Gasteiger partial charge in [-0.15, -0.1) is 0 Å². The Morgan fingerprint density at radius 2 is 2.13 bits per heavy atom. The van der Waals surface area contributed by atoms with Crippen LogP contribution in [-0.2, 0) is 10.0 Å². The average Bonchev–Trinajstić information content (AvgIpc) is 2.09. The highest BCUT2D eigenvalue weighted by molar-refractivity contribution is 7.89. The second-order valence-electron chi connectivity index (χ2n) is 3.16. The van der Waals surface area contributed by atoms with E-state index in [1.165, 1.54) is 0 Å². The molecule has 0 radical (unpaired) electrons. The van der Waals surface area contributed by atoms with Crippen molar-refractivity contribution in [1.29, 1.82) is 0 Å². The Morgan fingerprint density at radius 3 is 2.67 bits per heavy atom. The number of nitrogen functional groups attached to an aromatic ring is 1. The molecule has 6 nitrogen and oxygen atoms in total. The molecular weight excluding hydrogens is 216 g/mol. The molecule has 1 aromatic rings. The zero-order valence-corrected chi connectivity index (χ0v) is 9.21. The van der Waals surface area contributed by atoms with Gasteiger partial charge in [0.1, 0.15) is 5.82 Å².